The molecule has 5 aromatic heterocycles. The smallest absolute Gasteiger partial charge is 0.438 e. The summed E-state index contributed by atoms with van der Waals surface area (Å²) in [4.78, 5) is 133. The predicted molar refractivity (Wildman–Crippen MR) is 287 cm³/mol. The molecular weight excluding hydrogens is 1170 g/mol. The van der Waals surface area contributed by atoms with E-state index in [-0.39, 0.29) is 59.0 Å². The lowest BCUT2D eigenvalue weighted by molar-refractivity contribution is -0.141. The first-order valence-corrected chi connectivity index (χ1v) is 23.4. The zero-order valence-corrected chi connectivity index (χ0v) is 49.2. The lowest BCUT2D eigenvalue weighted by Crippen LogP contribution is -2.31. The maximum Gasteiger partial charge on any atom is 0.438 e. The van der Waals surface area contributed by atoms with Gasteiger partial charge in [0.1, 0.15) is 29.7 Å². The van der Waals surface area contributed by atoms with Crippen molar-refractivity contribution in [2.24, 2.45) is 5.16 Å². The number of oxime groups is 1. The van der Waals surface area contributed by atoms with Gasteiger partial charge in [-0.15, -0.1) is 5.10 Å². The number of aromatic amines is 7. The van der Waals surface area contributed by atoms with Crippen molar-refractivity contribution >= 4 is 47.2 Å². The molecule has 7 heterocycles. The Balaban J connectivity index is -0.000000279. The minimum atomic E-state index is -4.30. The van der Waals surface area contributed by atoms with Gasteiger partial charge >= 0.3 is 35.3 Å². The number of carbonyl (C=O) groups excluding carboxylic acids is 7. The summed E-state index contributed by atoms with van der Waals surface area (Å²) >= 11 is 0. The number of esters is 1. The monoisotopic (exact) mass is 1240 g/mol. The van der Waals surface area contributed by atoms with Gasteiger partial charge in [-0.25, -0.2) is 40.3 Å². The number of aromatic nitrogens is 10. The average Bonchev–Trinajstić information content (AvgIpc) is 4.48. The zero-order chi connectivity index (χ0) is 67.5. The third-order valence-electron chi connectivity index (χ3n) is 6.70. The van der Waals surface area contributed by atoms with Gasteiger partial charge in [0.25, 0.3) is 17.1 Å². The predicted octanol–water partition coefficient (Wildman–Crippen LogP) is 0.271. The van der Waals surface area contributed by atoms with Crippen molar-refractivity contribution < 1.29 is 89.3 Å². The van der Waals surface area contributed by atoms with Crippen LogP contribution < -0.4 is 55.2 Å². The number of ether oxygens (including phenoxy) is 3. The third kappa shape index (κ3) is 63.9. The van der Waals surface area contributed by atoms with Crippen LogP contribution in [0.25, 0.3) is 0 Å². The molecule has 0 fully saturated rings. The van der Waals surface area contributed by atoms with E-state index in [1.165, 1.54) is 65.5 Å². The number of nitrogens with zero attached hydrogens (tertiary/aromatic N) is 5. The Morgan fingerprint density at radius 2 is 1.37 bits per heavy atom. The summed E-state index contributed by atoms with van der Waals surface area (Å²) in [6.07, 6.45) is -2.47. The van der Waals surface area contributed by atoms with Crippen LogP contribution in [0.1, 0.15) is 97.7 Å². The van der Waals surface area contributed by atoms with Gasteiger partial charge in [-0.05, 0) is 55.0 Å². The van der Waals surface area contributed by atoms with Crippen LogP contribution in [-0.2, 0) is 57.4 Å². The molecule has 0 saturated heterocycles. The molecule has 41 heteroatoms. The maximum absolute atomic E-state index is 11.2. The molecule has 0 radical (unpaired) electrons. The minimum absolute atomic E-state index is 0.0394. The number of carbonyl (C=O) groups is 7. The highest BCUT2D eigenvalue weighted by atomic mass is 19.4. The number of nitrogens with one attached hydrogen (secondary N) is 12. The molecule has 5 amide bonds. The molecule has 482 valence electrons. The van der Waals surface area contributed by atoms with Crippen LogP contribution in [0.5, 0.6) is 0 Å². The first-order valence-electron chi connectivity index (χ1n) is 23.4. The molecule has 0 aromatic carbocycles. The Bertz CT molecular complexity index is 2900. The second-order valence-corrected chi connectivity index (χ2v) is 15.1. The van der Waals surface area contributed by atoms with E-state index >= 15 is 0 Å². The SMILES string of the molecule is C=C1OC(C)=C(COC(C)=O)O1.CC(=O)NC#N.CC(=O)NCC(F)(F)F.CC(=O)NO.CC1=NOC(=O)C1.CCNC(C)=O.CONC(C)=O.Cc1cc(=O)[nH][nH]1.Cc1cc(=O)[nH]o1.Cc1n[nH]c(=O)[nH]1.Cc1n[nH]c(=O)o1.Cc1noc(=O)[nH]1. The summed E-state index contributed by atoms with van der Waals surface area (Å²) in [5, 5.41) is 46.3. The molecular formula is C45H70F3N17O21. The highest BCUT2D eigenvalue weighted by molar-refractivity contribution is 6.00. The fraction of sp³-hybridized carbons (Fsp3) is 0.444. The zero-order valence-electron chi connectivity index (χ0n) is 49.2. The number of amides is 5. The van der Waals surface area contributed by atoms with E-state index < -0.39 is 36.0 Å². The fourth-order valence-corrected chi connectivity index (χ4v) is 3.62. The summed E-state index contributed by atoms with van der Waals surface area (Å²) in [7, 11) is 1.39. The lowest BCUT2D eigenvalue weighted by Gasteiger charge is -2.04. The van der Waals surface area contributed by atoms with Crippen molar-refractivity contribution in [3.63, 3.8) is 0 Å². The summed E-state index contributed by atoms with van der Waals surface area (Å²) in [5.74, 6) is 0.213. The number of H-pyrrole nitrogens is 7. The minimum Gasteiger partial charge on any atom is -0.458 e. The van der Waals surface area contributed by atoms with Crippen LogP contribution in [-0.4, -0.2) is 136 Å². The molecule has 2 aliphatic heterocycles. The number of nitriles is 1. The van der Waals surface area contributed by atoms with E-state index in [2.05, 4.69) is 96.5 Å². The molecule has 0 unspecified atom stereocenters. The number of allylic oxidation sites excluding steroid dienone is 1. The number of hydrogen-bond donors (Lipinski definition) is 13. The van der Waals surface area contributed by atoms with Gasteiger partial charge in [-0.2, -0.15) is 28.7 Å². The van der Waals surface area contributed by atoms with Crippen LogP contribution in [0.4, 0.5) is 13.2 Å². The molecule has 5 aromatic rings. The fourth-order valence-electron chi connectivity index (χ4n) is 3.62. The van der Waals surface area contributed by atoms with Gasteiger partial charge in [-0.3, -0.25) is 73.3 Å². The average molecular weight is 1240 g/mol. The second-order valence-electron chi connectivity index (χ2n) is 15.1. The highest BCUT2D eigenvalue weighted by Crippen LogP contribution is 2.22. The first kappa shape index (κ1) is 83.9. The van der Waals surface area contributed by atoms with Crippen LogP contribution in [0, 0.1) is 46.1 Å². The van der Waals surface area contributed by atoms with Gasteiger partial charge in [0.05, 0.1) is 19.2 Å². The molecule has 0 atom stereocenters. The number of hydroxylamine groups is 2. The summed E-state index contributed by atoms with van der Waals surface area (Å²) in [6, 6.07) is 2.89. The van der Waals surface area contributed by atoms with Crippen molar-refractivity contribution in [3.8, 4) is 6.19 Å². The van der Waals surface area contributed by atoms with Crippen molar-refractivity contribution in [1.82, 2.24) is 77.8 Å². The van der Waals surface area contributed by atoms with Gasteiger partial charge < -0.3 is 43.7 Å². The Morgan fingerprint density at radius 1 is 0.779 bits per heavy atom. The Hall–Kier alpha value is -10.9. The van der Waals surface area contributed by atoms with Crippen molar-refractivity contribution in [2.45, 2.75) is 110 Å². The van der Waals surface area contributed by atoms with Gasteiger partial charge in [0.2, 0.25) is 35.4 Å². The molecule has 0 saturated carbocycles. The molecule has 86 heavy (non-hydrogen) atoms. The third-order valence-corrected chi connectivity index (χ3v) is 6.70. The molecule has 0 bridgehead atoms. The topological polar surface area (TPSA) is 556 Å². The van der Waals surface area contributed by atoms with E-state index in [9.17, 15) is 70.7 Å². The van der Waals surface area contributed by atoms with E-state index in [1.54, 1.807) is 46.9 Å². The standard InChI is InChI=1S/C8H10O4.C4H6F3NO.C4H6N2O.2C4H5NO2.C4H9NO.C3H5N3O.2C3H4N2O2.C3H4N2O.C3H7NO2.C2H5NO2/c1-5-8(4-10-6(2)9)12-7(3)11-5;1-3(9)8-2-4(5,6)7;1-3-2-4(7)6-5-3;1-3-2-4(6)5-7-3;1-3-2-4(6)7-5-3;1-3-5-4(2)6;1-2-4-3(7)6-5-2;1-2-4-5-3(6)7-2;1-2-4-3(6)7-5-2;1-3(6)5-2-4;1-3(5)4-6-2;1-2(4)3-5/h3-4H2,1-2H3;2H2,1H3,(H,8,9);2H,1H3,(H2,5,6,7);2H,1H3,(H,5,6);2H2,1H3;3H2,1-2H3,(H,5,6);1H3,(H2,4,5,6,7);1H3,(H,5,6);1H3,(H,4,5,6);1H3,(H,5,6);1-2H3,(H,4,5);5H,1H3,(H,3,4). The van der Waals surface area contributed by atoms with Crippen molar-refractivity contribution in [3.05, 3.63) is 117 Å². The largest absolute Gasteiger partial charge is 0.458 e. The highest BCUT2D eigenvalue weighted by Gasteiger charge is 2.26. The first-order chi connectivity index (χ1) is 39.8. The number of alkyl halides is 3. The maximum atomic E-state index is 11.2. The van der Waals surface area contributed by atoms with E-state index in [1.807, 2.05) is 19.2 Å². The number of hydrogen-bond acceptors (Lipinski definition) is 26. The molecule has 7 rings (SSSR count). The number of halogens is 3. The Labute approximate surface area is 483 Å². The van der Waals surface area contributed by atoms with Crippen LogP contribution in [0.2, 0.25) is 0 Å². The van der Waals surface area contributed by atoms with Crippen LogP contribution >= 0.6 is 0 Å². The van der Waals surface area contributed by atoms with E-state index in [0.717, 1.165) is 24.9 Å². The van der Waals surface area contributed by atoms with E-state index in [4.69, 9.17) is 24.7 Å². The summed E-state index contributed by atoms with van der Waals surface area (Å²) in [6.45, 7) is 24.6. The van der Waals surface area contributed by atoms with Crippen molar-refractivity contribution in [2.75, 3.05) is 26.8 Å². The molecule has 38 nitrogen and oxygen atoms in total. The molecule has 13 N–H and O–H groups in total. The van der Waals surface area contributed by atoms with E-state index in [0.29, 0.717) is 41.2 Å². The Morgan fingerprint density at radius 3 is 1.51 bits per heavy atom. The molecule has 0 aliphatic carbocycles. The summed E-state index contributed by atoms with van der Waals surface area (Å²) < 4.78 is 61.3. The second kappa shape index (κ2) is 49.9. The Kier molecular flexibility index (Phi) is 48.6. The van der Waals surface area contributed by atoms with Gasteiger partial charge in [0, 0.05) is 72.8 Å². The lowest BCUT2D eigenvalue weighted by atomic mass is 10.3. The van der Waals surface area contributed by atoms with Gasteiger partial charge in [-0.1, -0.05) is 10.3 Å². The quantitative estimate of drug-likeness (QED) is 0.0280. The molecule has 0 spiro atoms. The van der Waals surface area contributed by atoms with Crippen LogP contribution in [0.3, 0.4) is 0 Å². The molecule has 2 aliphatic rings. The van der Waals surface area contributed by atoms with Crippen molar-refractivity contribution in [1.29, 1.82) is 5.26 Å². The van der Waals surface area contributed by atoms with Crippen LogP contribution in [0.15, 0.2) is 78.8 Å². The number of aryl methyl sites for hydroxylation is 5. The number of rotatable bonds is 5. The summed E-state index contributed by atoms with van der Waals surface area (Å²) in [5.41, 5.74) is 4.57. The van der Waals surface area contributed by atoms with Gasteiger partial charge in [0.15, 0.2) is 18.6 Å². The normalized spacial score (nSPS) is 10.6.